The second-order valence-corrected chi connectivity index (χ2v) is 9.93. The lowest BCUT2D eigenvalue weighted by atomic mass is 9.59. The van der Waals surface area contributed by atoms with Gasteiger partial charge in [-0.1, -0.05) is 25.5 Å². The molecule has 34 heavy (non-hydrogen) atoms. The van der Waals surface area contributed by atoms with E-state index in [1.165, 1.54) is 31.5 Å². The molecular formula is C24H28F2N6O2. The maximum atomic E-state index is 13.4. The van der Waals surface area contributed by atoms with Gasteiger partial charge in [0, 0.05) is 24.7 Å². The highest BCUT2D eigenvalue weighted by Gasteiger charge is 2.45. The molecule has 0 amide bonds. The molecule has 0 saturated heterocycles. The largest absolute Gasteiger partial charge is 0.586 e. The van der Waals surface area contributed by atoms with Crippen LogP contribution in [0.15, 0.2) is 24.4 Å². The van der Waals surface area contributed by atoms with E-state index in [9.17, 15) is 14.0 Å². The molecule has 0 spiro atoms. The molecule has 5 rings (SSSR count). The van der Waals surface area contributed by atoms with Crippen molar-refractivity contribution in [3.63, 3.8) is 0 Å². The average molecular weight is 471 g/mol. The molecule has 3 aliphatic rings. The number of ether oxygens (including phenoxy) is 2. The number of aromatic nitrogens is 2. The second kappa shape index (κ2) is 8.55. The van der Waals surface area contributed by atoms with Crippen LogP contribution >= 0.6 is 0 Å². The van der Waals surface area contributed by atoms with Crippen LogP contribution in [0.3, 0.4) is 0 Å². The molecule has 2 aromatic rings. The summed E-state index contributed by atoms with van der Waals surface area (Å²) in [5, 5.41) is 15.9. The van der Waals surface area contributed by atoms with Crippen LogP contribution in [0.4, 0.5) is 20.5 Å². The van der Waals surface area contributed by atoms with Crippen LogP contribution in [-0.4, -0.2) is 28.8 Å². The number of anilines is 2. The number of nitrogens with zero attached hydrogens (tertiary/aromatic N) is 3. The molecule has 0 radical (unpaired) electrons. The van der Waals surface area contributed by atoms with Crippen LogP contribution in [-0.2, 0) is 6.54 Å². The molecule has 10 heteroatoms. The maximum Gasteiger partial charge on any atom is 0.586 e. The Bertz CT molecular complexity index is 1110. The summed E-state index contributed by atoms with van der Waals surface area (Å²) >= 11 is 0. The fraction of sp³-hybridized carbons (Fsp3) is 0.542. The number of nitrogens with one attached hydrogen (secondary N) is 2. The van der Waals surface area contributed by atoms with Gasteiger partial charge >= 0.3 is 6.29 Å². The van der Waals surface area contributed by atoms with Gasteiger partial charge in [0.25, 0.3) is 0 Å². The van der Waals surface area contributed by atoms with Gasteiger partial charge in [-0.15, -0.1) is 8.78 Å². The topological polar surface area (TPSA) is 118 Å². The van der Waals surface area contributed by atoms with Crippen molar-refractivity contribution >= 4 is 11.8 Å². The summed E-state index contributed by atoms with van der Waals surface area (Å²) in [6.45, 7) is 3.11. The first kappa shape index (κ1) is 22.6. The summed E-state index contributed by atoms with van der Waals surface area (Å²) in [4.78, 5) is 8.68. The van der Waals surface area contributed by atoms with E-state index >= 15 is 0 Å². The minimum atomic E-state index is -3.68. The number of alkyl halides is 2. The standard InChI is InChI=1S/C24H28F2N6O2/c1-23(8-14-4-2-5-15(9-23)19(14)28)13-31-21-17(10-27)12-30-22(32-21)29-11-16-6-3-7-18-20(16)34-24(25,26)33-18/h3,6-7,12,14-15,19H,2,4-5,8-9,11,13,28H2,1H3,(H2,29,30,31,32)/t14-,15+,19-,23?. The summed E-state index contributed by atoms with van der Waals surface area (Å²) in [5.41, 5.74) is 7.36. The zero-order valence-corrected chi connectivity index (χ0v) is 19.0. The maximum absolute atomic E-state index is 13.4. The third-order valence-electron chi connectivity index (χ3n) is 7.29. The van der Waals surface area contributed by atoms with Gasteiger partial charge in [0.2, 0.25) is 5.95 Å². The molecule has 2 aliphatic carbocycles. The van der Waals surface area contributed by atoms with Crippen LogP contribution in [0.25, 0.3) is 0 Å². The molecule has 1 aromatic heterocycles. The highest BCUT2D eigenvalue weighted by Crippen LogP contribution is 2.48. The number of nitriles is 1. The molecule has 1 unspecified atom stereocenters. The third kappa shape index (κ3) is 4.44. The van der Waals surface area contributed by atoms with Gasteiger partial charge in [-0.2, -0.15) is 10.2 Å². The van der Waals surface area contributed by atoms with E-state index in [1.54, 1.807) is 12.1 Å². The first-order valence-corrected chi connectivity index (χ1v) is 11.6. The van der Waals surface area contributed by atoms with Crippen molar-refractivity contribution in [3.05, 3.63) is 35.5 Å². The Morgan fingerprint density at radius 3 is 2.71 bits per heavy atom. The Balaban J connectivity index is 1.27. The van der Waals surface area contributed by atoms with Crippen molar-refractivity contribution in [2.75, 3.05) is 17.2 Å². The number of halogens is 2. The minimum Gasteiger partial charge on any atom is -0.395 e. The summed E-state index contributed by atoms with van der Waals surface area (Å²) in [6, 6.07) is 7.12. The Kier molecular flexibility index (Phi) is 5.68. The molecular weight excluding hydrogens is 442 g/mol. The monoisotopic (exact) mass is 470 g/mol. The predicted molar refractivity (Wildman–Crippen MR) is 121 cm³/mol. The zero-order valence-electron chi connectivity index (χ0n) is 19.0. The van der Waals surface area contributed by atoms with Crippen LogP contribution in [0.1, 0.15) is 50.2 Å². The first-order valence-electron chi connectivity index (χ1n) is 11.6. The van der Waals surface area contributed by atoms with Crippen molar-refractivity contribution in [2.24, 2.45) is 23.0 Å². The van der Waals surface area contributed by atoms with Crippen LogP contribution in [0.5, 0.6) is 11.5 Å². The van der Waals surface area contributed by atoms with E-state index in [1.807, 2.05) is 0 Å². The number of hydrogen-bond donors (Lipinski definition) is 3. The number of fused-ring (bicyclic) bond motifs is 3. The normalized spacial score (nSPS) is 28.7. The second-order valence-electron chi connectivity index (χ2n) is 9.93. The predicted octanol–water partition coefficient (Wildman–Crippen LogP) is 4.24. The van der Waals surface area contributed by atoms with Crippen LogP contribution in [0, 0.1) is 28.6 Å². The number of para-hydroxylation sites is 1. The Morgan fingerprint density at radius 1 is 1.21 bits per heavy atom. The third-order valence-corrected chi connectivity index (χ3v) is 7.29. The summed E-state index contributed by atoms with van der Waals surface area (Å²) in [6.07, 6.45) is 3.51. The summed E-state index contributed by atoms with van der Waals surface area (Å²) < 4.78 is 36.0. The number of hydrogen-bond acceptors (Lipinski definition) is 8. The van der Waals surface area contributed by atoms with E-state index < -0.39 is 6.29 Å². The molecule has 2 bridgehead atoms. The van der Waals surface area contributed by atoms with Gasteiger partial charge in [-0.05, 0) is 49.0 Å². The quantitative estimate of drug-likeness (QED) is 0.574. The zero-order chi connectivity index (χ0) is 23.9. The Labute approximate surface area is 196 Å². The van der Waals surface area contributed by atoms with Gasteiger partial charge in [-0.3, -0.25) is 0 Å². The average Bonchev–Trinajstić information content (AvgIpc) is 3.12. The first-order chi connectivity index (χ1) is 16.3. The van der Waals surface area contributed by atoms with E-state index in [0.29, 0.717) is 41.4 Å². The fourth-order valence-corrected chi connectivity index (χ4v) is 5.70. The molecule has 180 valence electrons. The smallest absolute Gasteiger partial charge is 0.395 e. The van der Waals surface area contributed by atoms with E-state index in [2.05, 4.69) is 43.1 Å². The fourth-order valence-electron chi connectivity index (χ4n) is 5.70. The van der Waals surface area contributed by atoms with E-state index in [0.717, 1.165) is 12.8 Å². The van der Waals surface area contributed by atoms with Gasteiger partial charge in [-0.25, -0.2) is 4.98 Å². The lowest BCUT2D eigenvalue weighted by Gasteiger charge is -2.49. The Morgan fingerprint density at radius 2 is 1.97 bits per heavy atom. The summed E-state index contributed by atoms with van der Waals surface area (Å²) in [5.74, 6) is 1.79. The SMILES string of the molecule is CC1(CNc2nc(NCc3cccc4c3OC(F)(F)O4)ncc2C#N)C[C@H]2CCC[C@@H](C1)[C@@H]2N. The van der Waals surface area contributed by atoms with Crippen LogP contribution in [0.2, 0.25) is 0 Å². The van der Waals surface area contributed by atoms with Gasteiger partial charge < -0.3 is 25.8 Å². The lowest BCUT2D eigenvalue weighted by molar-refractivity contribution is -0.286. The Hall–Kier alpha value is -3.19. The van der Waals surface area contributed by atoms with Gasteiger partial charge in [0.05, 0.1) is 6.20 Å². The highest BCUT2D eigenvalue weighted by atomic mass is 19.3. The van der Waals surface area contributed by atoms with Gasteiger partial charge in [0.1, 0.15) is 17.5 Å². The molecule has 1 aromatic carbocycles. The molecule has 4 N–H and O–H groups in total. The summed E-state index contributed by atoms with van der Waals surface area (Å²) in [7, 11) is 0. The molecule has 4 atom stereocenters. The molecule has 2 heterocycles. The molecule has 8 nitrogen and oxygen atoms in total. The van der Waals surface area contributed by atoms with Crippen molar-refractivity contribution in [3.8, 4) is 17.6 Å². The van der Waals surface area contributed by atoms with Crippen molar-refractivity contribution in [2.45, 2.75) is 57.9 Å². The highest BCUT2D eigenvalue weighted by molar-refractivity contribution is 5.54. The van der Waals surface area contributed by atoms with Gasteiger partial charge in [0.15, 0.2) is 11.5 Å². The number of benzene rings is 1. The van der Waals surface area contributed by atoms with Crippen molar-refractivity contribution in [1.29, 1.82) is 5.26 Å². The molecule has 2 saturated carbocycles. The van der Waals surface area contributed by atoms with E-state index in [4.69, 9.17) is 5.73 Å². The van der Waals surface area contributed by atoms with Crippen LogP contribution < -0.4 is 25.8 Å². The number of rotatable bonds is 6. The van der Waals surface area contributed by atoms with E-state index in [-0.39, 0.29) is 29.4 Å². The van der Waals surface area contributed by atoms with Crippen molar-refractivity contribution < 1.29 is 18.3 Å². The lowest BCUT2D eigenvalue weighted by Crippen LogP contribution is -2.50. The van der Waals surface area contributed by atoms with Crippen molar-refractivity contribution in [1.82, 2.24) is 9.97 Å². The number of nitrogens with two attached hydrogens (primary N) is 1. The minimum absolute atomic E-state index is 0.0130. The molecule has 2 fully saturated rings. The molecule has 1 aliphatic heterocycles.